The quantitative estimate of drug-likeness (QED) is 0.619. The number of likely N-dealkylation sites (N-methyl/N-ethyl adjacent to an activating group) is 1. The fraction of sp³-hybridized carbons (Fsp3) is 1.00. The number of rotatable bonds is 2. The van der Waals surface area contributed by atoms with Crippen molar-refractivity contribution >= 4 is 0 Å². The average molecular weight is 159 g/mol. The third kappa shape index (κ3) is 1.92. The molecule has 0 saturated carbocycles. The van der Waals surface area contributed by atoms with Crippen LogP contribution in [0.25, 0.3) is 0 Å². The van der Waals surface area contributed by atoms with Crippen LogP contribution < -0.4 is 0 Å². The van der Waals surface area contributed by atoms with E-state index in [-0.39, 0.29) is 0 Å². The first-order valence-electron chi connectivity index (χ1n) is 3.99. The zero-order valence-corrected chi connectivity index (χ0v) is 7.50. The Morgan fingerprint density at radius 1 is 1.73 bits per heavy atom. The molecule has 0 aliphatic carbocycles. The molecule has 0 bridgehead atoms. The highest BCUT2D eigenvalue weighted by Crippen LogP contribution is 2.25. The topological polar surface area (TPSA) is 32.7 Å². The standard InChI is InChI=1S/C8H17NO2/c1-7-4-8(10,6-11-3)5-9(7)2/h7,10H,4-6H2,1-3H3. The van der Waals surface area contributed by atoms with Gasteiger partial charge in [-0.05, 0) is 20.4 Å². The van der Waals surface area contributed by atoms with Gasteiger partial charge in [-0.2, -0.15) is 0 Å². The van der Waals surface area contributed by atoms with Crippen LogP contribution in [0.2, 0.25) is 0 Å². The summed E-state index contributed by atoms with van der Waals surface area (Å²) in [5.74, 6) is 0. The first-order valence-corrected chi connectivity index (χ1v) is 3.99. The molecule has 0 aromatic rings. The van der Waals surface area contributed by atoms with Crippen LogP contribution in [-0.2, 0) is 4.74 Å². The van der Waals surface area contributed by atoms with Crippen molar-refractivity contribution in [1.29, 1.82) is 0 Å². The van der Waals surface area contributed by atoms with Gasteiger partial charge in [-0.3, -0.25) is 0 Å². The Kier molecular flexibility index (Phi) is 2.52. The summed E-state index contributed by atoms with van der Waals surface area (Å²) < 4.78 is 4.95. The number of likely N-dealkylation sites (tertiary alicyclic amines) is 1. The van der Waals surface area contributed by atoms with Gasteiger partial charge in [-0.25, -0.2) is 0 Å². The molecule has 0 amide bonds. The Labute approximate surface area is 68.0 Å². The van der Waals surface area contributed by atoms with Crippen molar-refractivity contribution in [1.82, 2.24) is 4.90 Å². The first kappa shape index (κ1) is 8.97. The summed E-state index contributed by atoms with van der Waals surface area (Å²) in [5, 5.41) is 9.87. The lowest BCUT2D eigenvalue weighted by Gasteiger charge is -2.20. The van der Waals surface area contributed by atoms with Crippen LogP contribution in [0.4, 0.5) is 0 Å². The molecule has 0 spiro atoms. The van der Waals surface area contributed by atoms with Crippen LogP contribution in [0.5, 0.6) is 0 Å². The summed E-state index contributed by atoms with van der Waals surface area (Å²) in [6.45, 7) is 3.29. The van der Waals surface area contributed by atoms with Gasteiger partial charge < -0.3 is 14.7 Å². The molecule has 1 saturated heterocycles. The predicted octanol–water partition coefficient (Wildman–Crippen LogP) is 0.0879. The summed E-state index contributed by atoms with van der Waals surface area (Å²) in [6.07, 6.45) is 0.817. The van der Waals surface area contributed by atoms with Crippen LogP contribution >= 0.6 is 0 Å². The van der Waals surface area contributed by atoms with Crippen LogP contribution in [0.15, 0.2) is 0 Å². The van der Waals surface area contributed by atoms with Crippen molar-refractivity contribution in [3.8, 4) is 0 Å². The van der Waals surface area contributed by atoms with E-state index in [1.807, 2.05) is 7.05 Å². The molecule has 66 valence electrons. The molecule has 1 rings (SSSR count). The predicted molar refractivity (Wildman–Crippen MR) is 43.5 cm³/mol. The Morgan fingerprint density at radius 3 is 2.73 bits per heavy atom. The number of β-amino-alcohol motifs (C(OH)–C–C–N with tert-alkyl or cyclic N) is 1. The SMILES string of the molecule is COCC1(O)CC(C)N(C)C1. The van der Waals surface area contributed by atoms with Gasteiger partial charge in [-0.15, -0.1) is 0 Å². The largest absolute Gasteiger partial charge is 0.386 e. The second-order valence-corrected chi connectivity index (χ2v) is 3.63. The van der Waals surface area contributed by atoms with Gasteiger partial charge in [0.25, 0.3) is 0 Å². The summed E-state index contributed by atoms with van der Waals surface area (Å²) in [7, 11) is 3.65. The van der Waals surface area contributed by atoms with Crippen molar-refractivity contribution in [2.45, 2.75) is 25.0 Å². The van der Waals surface area contributed by atoms with E-state index in [1.54, 1.807) is 7.11 Å². The van der Waals surface area contributed by atoms with Crippen molar-refractivity contribution in [2.75, 3.05) is 27.3 Å². The molecule has 1 aliphatic heterocycles. The fourth-order valence-corrected chi connectivity index (χ4v) is 1.76. The molecule has 0 aromatic carbocycles. The number of hydrogen-bond acceptors (Lipinski definition) is 3. The summed E-state index contributed by atoms with van der Waals surface area (Å²) >= 11 is 0. The molecule has 1 N–H and O–H groups in total. The molecule has 3 heteroatoms. The zero-order valence-electron chi connectivity index (χ0n) is 7.50. The van der Waals surface area contributed by atoms with Gasteiger partial charge in [0.15, 0.2) is 0 Å². The van der Waals surface area contributed by atoms with E-state index in [2.05, 4.69) is 11.8 Å². The number of methoxy groups -OCH3 is 1. The van der Waals surface area contributed by atoms with Crippen molar-refractivity contribution in [3.63, 3.8) is 0 Å². The lowest BCUT2D eigenvalue weighted by atomic mass is 10.0. The number of hydrogen-bond donors (Lipinski definition) is 1. The first-order chi connectivity index (χ1) is 5.07. The average Bonchev–Trinajstić information content (AvgIpc) is 2.08. The van der Waals surface area contributed by atoms with E-state index < -0.39 is 5.60 Å². The Morgan fingerprint density at radius 2 is 2.36 bits per heavy atom. The third-order valence-corrected chi connectivity index (χ3v) is 2.38. The number of ether oxygens (including phenoxy) is 1. The molecule has 11 heavy (non-hydrogen) atoms. The van der Waals surface area contributed by atoms with Gasteiger partial charge in [0.05, 0.1) is 6.61 Å². The van der Waals surface area contributed by atoms with Gasteiger partial charge in [0.2, 0.25) is 0 Å². The second-order valence-electron chi connectivity index (χ2n) is 3.63. The maximum Gasteiger partial charge on any atom is 0.102 e. The van der Waals surface area contributed by atoms with Crippen molar-refractivity contribution in [3.05, 3.63) is 0 Å². The normalized spacial score (nSPS) is 39.8. The van der Waals surface area contributed by atoms with Crippen molar-refractivity contribution < 1.29 is 9.84 Å². The molecule has 1 aliphatic rings. The van der Waals surface area contributed by atoms with Gasteiger partial charge >= 0.3 is 0 Å². The Hall–Kier alpha value is -0.120. The molecular weight excluding hydrogens is 142 g/mol. The lowest BCUT2D eigenvalue weighted by molar-refractivity contribution is -0.0215. The highest BCUT2D eigenvalue weighted by atomic mass is 16.5. The van der Waals surface area contributed by atoms with E-state index in [0.29, 0.717) is 12.6 Å². The number of nitrogens with zero attached hydrogens (tertiary/aromatic N) is 1. The summed E-state index contributed by atoms with van der Waals surface area (Å²) in [4.78, 5) is 2.15. The molecule has 3 nitrogen and oxygen atoms in total. The third-order valence-electron chi connectivity index (χ3n) is 2.38. The minimum atomic E-state index is -0.608. The van der Waals surface area contributed by atoms with Crippen LogP contribution in [-0.4, -0.2) is 49.0 Å². The molecule has 1 fully saturated rings. The van der Waals surface area contributed by atoms with Crippen LogP contribution in [0.1, 0.15) is 13.3 Å². The lowest BCUT2D eigenvalue weighted by Crippen LogP contribution is -2.36. The highest BCUT2D eigenvalue weighted by molar-refractivity contribution is 4.93. The smallest absolute Gasteiger partial charge is 0.102 e. The molecule has 2 unspecified atom stereocenters. The van der Waals surface area contributed by atoms with Gasteiger partial charge in [0.1, 0.15) is 5.60 Å². The number of aliphatic hydroxyl groups is 1. The molecule has 1 heterocycles. The summed E-state index contributed by atoms with van der Waals surface area (Å²) in [6, 6.07) is 0.468. The summed E-state index contributed by atoms with van der Waals surface area (Å²) in [5.41, 5.74) is -0.608. The van der Waals surface area contributed by atoms with Crippen LogP contribution in [0.3, 0.4) is 0 Å². The minimum Gasteiger partial charge on any atom is -0.386 e. The highest BCUT2D eigenvalue weighted by Gasteiger charge is 2.38. The van der Waals surface area contributed by atoms with Gasteiger partial charge in [0, 0.05) is 19.7 Å². The molecule has 0 aromatic heterocycles. The molecular formula is C8H17NO2. The molecule has 0 radical (unpaired) electrons. The van der Waals surface area contributed by atoms with E-state index in [0.717, 1.165) is 13.0 Å². The molecule has 2 atom stereocenters. The Bertz CT molecular complexity index is 128. The van der Waals surface area contributed by atoms with E-state index in [9.17, 15) is 5.11 Å². The fourth-order valence-electron chi connectivity index (χ4n) is 1.76. The van der Waals surface area contributed by atoms with Crippen molar-refractivity contribution in [2.24, 2.45) is 0 Å². The van der Waals surface area contributed by atoms with Crippen LogP contribution in [0, 0.1) is 0 Å². The van der Waals surface area contributed by atoms with E-state index >= 15 is 0 Å². The Balaban J connectivity index is 2.49. The maximum atomic E-state index is 9.87. The maximum absolute atomic E-state index is 9.87. The minimum absolute atomic E-state index is 0.446. The second kappa shape index (κ2) is 3.09. The van der Waals surface area contributed by atoms with E-state index in [1.165, 1.54) is 0 Å². The zero-order chi connectivity index (χ0) is 8.48. The van der Waals surface area contributed by atoms with Gasteiger partial charge in [-0.1, -0.05) is 0 Å². The van der Waals surface area contributed by atoms with E-state index in [4.69, 9.17) is 4.74 Å². The monoisotopic (exact) mass is 159 g/mol.